The standard InChI is InChI=1S/C14H13F2N/c1-9(17)11-4-2-3-5-12(11)13-7-6-10(15)8-14(13)16/h2-9H,17H2,1H3/t9-/m0/s1. The van der Waals surface area contributed by atoms with E-state index in [0.29, 0.717) is 11.1 Å². The van der Waals surface area contributed by atoms with Crippen molar-refractivity contribution >= 4 is 0 Å². The molecule has 17 heavy (non-hydrogen) atoms. The van der Waals surface area contributed by atoms with Gasteiger partial charge in [0.05, 0.1) is 0 Å². The van der Waals surface area contributed by atoms with Gasteiger partial charge in [0.25, 0.3) is 0 Å². The SMILES string of the molecule is C[C@H](N)c1ccccc1-c1ccc(F)cc1F. The molecular formula is C14H13F2N. The molecule has 0 spiro atoms. The van der Waals surface area contributed by atoms with Crippen LogP contribution in [0.5, 0.6) is 0 Å². The van der Waals surface area contributed by atoms with Gasteiger partial charge in [-0.25, -0.2) is 8.78 Å². The average molecular weight is 233 g/mol. The summed E-state index contributed by atoms with van der Waals surface area (Å²) in [6.07, 6.45) is 0. The lowest BCUT2D eigenvalue weighted by Crippen LogP contribution is -2.06. The van der Waals surface area contributed by atoms with E-state index in [1.54, 1.807) is 6.07 Å². The zero-order valence-corrected chi connectivity index (χ0v) is 9.45. The number of halogens is 2. The molecule has 0 aromatic heterocycles. The zero-order chi connectivity index (χ0) is 12.4. The number of hydrogen-bond acceptors (Lipinski definition) is 1. The number of rotatable bonds is 2. The van der Waals surface area contributed by atoms with Crippen LogP contribution in [0, 0.1) is 11.6 Å². The molecule has 2 N–H and O–H groups in total. The molecule has 0 aliphatic rings. The number of hydrogen-bond donors (Lipinski definition) is 1. The first-order valence-corrected chi connectivity index (χ1v) is 5.39. The van der Waals surface area contributed by atoms with Crippen LogP contribution in [0.3, 0.4) is 0 Å². The smallest absolute Gasteiger partial charge is 0.133 e. The molecule has 0 aliphatic heterocycles. The van der Waals surface area contributed by atoms with E-state index in [1.165, 1.54) is 12.1 Å². The molecule has 0 saturated carbocycles. The first-order valence-electron chi connectivity index (χ1n) is 5.39. The highest BCUT2D eigenvalue weighted by molar-refractivity contribution is 5.68. The molecule has 0 radical (unpaired) electrons. The van der Waals surface area contributed by atoms with Crippen LogP contribution in [0.2, 0.25) is 0 Å². The van der Waals surface area contributed by atoms with Crippen molar-refractivity contribution in [1.29, 1.82) is 0 Å². The molecule has 2 rings (SSSR count). The van der Waals surface area contributed by atoms with Crippen molar-refractivity contribution in [2.24, 2.45) is 5.73 Å². The monoisotopic (exact) mass is 233 g/mol. The Morgan fingerprint density at radius 1 is 1.00 bits per heavy atom. The van der Waals surface area contributed by atoms with E-state index in [4.69, 9.17) is 5.73 Å². The minimum absolute atomic E-state index is 0.198. The van der Waals surface area contributed by atoms with Crippen LogP contribution in [0.15, 0.2) is 42.5 Å². The largest absolute Gasteiger partial charge is 0.324 e. The third kappa shape index (κ3) is 2.34. The van der Waals surface area contributed by atoms with Gasteiger partial charge in [0.1, 0.15) is 11.6 Å². The number of benzene rings is 2. The Hall–Kier alpha value is -1.74. The third-order valence-electron chi connectivity index (χ3n) is 2.67. The summed E-state index contributed by atoms with van der Waals surface area (Å²) >= 11 is 0. The second-order valence-corrected chi connectivity index (χ2v) is 4.00. The first-order chi connectivity index (χ1) is 8.09. The van der Waals surface area contributed by atoms with E-state index in [0.717, 1.165) is 11.6 Å². The summed E-state index contributed by atoms with van der Waals surface area (Å²) in [6.45, 7) is 1.83. The molecule has 1 nitrogen and oxygen atoms in total. The Morgan fingerprint density at radius 3 is 2.35 bits per heavy atom. The van der Waals surface area contributed by atoms with Crippen molar-refractivity contribution in [2.75, 3.05) is 0 Å². The molecule has 1 atom stereocenters. The van der Waals surface area contributed by atoms with Gasteiger partial charge in [-0.1, -0.05) is 24.3 Å². The average Bonchev–Trinajstić information content (AvgIpc) is 2.29. The van der Waals surface area contributed by atoms with E-state index in [2.05, 4.69) is 0 Å². The van der Waals surface area contributed by atoms with E-state index in [9.17, 15) is 8.78 Å². The van der Waals surface area contributed by atoms with Crippen LogP contribution >= 0.6 is 0 Å². The van der Waals surface area contributed by atoms with Crippen molar-refractivity contribution in [3.05, 3.63) is 59.7 Å². The van der Waals surface area contributed by atoms with Crippen LogP contribution in [-0.4, -0.2) is 0 Å². The van der Waals surface area contributed by atoms with Gasteiger partial charge >= 0.3 is 0 Å². The molecule has 0 heterocycles. The predicted octanol–water partition coefficient (Wildman–Crippen LogP) is 3.65. The molecular weight excluding hydrogens is 220 g/mol. The Morgan fingerprint density at radius 2 is 1.71 bits per heavy atom. The summed E-state index contributed by atoms with van der Waals surface area (Å²) < 4.78 is 26.6. The van der Waals surface area contributed by atoms with Gasteiger partial charge in [-0.15, -0.1) is 0 Å². The van der Waals surface area contributed by atoms with Crippen LogP contribution in [-0.2, 0) is 0 Å². The molecule has 2 aromatic carbocycles. The maximum atomic E-state index is 13.7. The lowest BCUT2D eigenvalue weighted by Gasteiger charge is -2.13. The fourth-order valence-corrected chi connectivity index (χ4v) is 1.85. The molecule has 0 unspecified atom stereocenters. The van der Waals surface area contributed by atoms with Gasteiger partial charge in [-0.05, 0) is 30.2 Å². The Kier molecular flexibility index (Phi) is 3.20. The maximum absolute atomic E-state index is 13.7. The van der Waals surface area contributed by atoms with Gasteiger partial charge in [0.15, 0.2) is 0 Å². The van der Waals surface area contributed by atoms with Crippen LogP contribution in [0.4, 0.5) is 8.78 Å². The van der Waals surface area contributed by atoms with E-state index < -0.39 is 11.6 Å². The van der Waals surface area contributed by atoms with Crippen LogP contribution < -0.4 is 5.73 Å². The topological polar surface area (TPSA) is 26.0 Å². The van der Waals surface area contributed by atoms with Gasteiger partial charge < -0.3 is 5.73 Å². The summed E-state index contributed by atoms with van der Waals surface area (Å²) in [7, 11) is 0. The van der Waals surface area contributed by atoms with Crippen molar-refractivity contribution in [1.82, 2.24) is 0 Å². The molecule has 0 amide bonds. The van der Waals surface area contributed by atoms with Gasteiger partial charge in [0.2, 0.25) is 0 Å². The van der Waals surface area contributed by atoms with Crippen molar-refractivity contribution in [3.8, 4) is 11.1 Å². The zero-order valence-electron chi connectivity index (χ0n) is 9.45. The lowest BCUT2D eigenvalue weighted by atomic mass is 9.95. The summed E-state index contributed by atoms with van der Waals surface area (Å²) in [5, 5.41) is 0. The fourth-order valence-electron chi connectivity index (χ4n) is 1.85. The predicted molar refractivity (Wildman–Crippen MR) is 64.4 cm³/mol. The second-order valence-electron chi connectivity index (χ2n) is 4.00. The first kappa shape index (κ1) is 11.7. The Balaban J connectivity index is 2.60. The van der Waals surface area contributed by atoms with Crippen molar-refractivity contribution in [2.45, 2.75) is 13.0 Å². The molecule has 88 valence electrons. The Bertz CT molecular complexity index is 535. The van der Waals surface area contributed by atoms with Crippen molar-refractivity contribution < 1.29 is 8.78 Å². The summed E-state index contributed by atoms with van der Waals surface area (Å²) in [5.41, 5.74) is 7.76. The quantitative estimate of drug-likeness (QED) is 0.841. The normalized spacial score (nSPS) is 12.5. The second kappa shape index (κ2) is 4.63. The molecule has 0 bridgehead atoms. The van der Waals surface area contributed by atoms with Gasteiger partial charge in [0, 0.05) is 17.7 Å². The third-order valence-corrected chi connectivity index (χ3v) is 2.67. The summed E-state index contributed by atoms with van der Waals surface area (Å²) in [5.74, 6) is -1.15. The van der Waals surface area contributed by atoms with E-state index in [1.807, 2.05) is 25.1 Å². The highest BCUT2D eigenvalue weighted by Gasteiger charge is 2.12. The van der Waals surface area contributed by atoms with Gasteiger partial charge in [-0.2, -0.15) is 0 Å². The fraction of sp³-hybridized carbons (Fsp3) is 0.143. The molecule has 2 aromatic rings. The highest BCUT2D eigenvalue weighted by Crippen LogP contribution is 2.29. The molecule has 3 heteroatoms. The molecule has 0 fully saturated rings. The lowest BCUT2D eigenvalue weighted by molar-refractivity contribution is 0.585. The number of nitrogens with two attached hydrogens (primary N) is 1. The minimum Gasteiger partial charge on any atom is -0.324 e. The molecule has 0 saturated heterocycles. The molecule has 0 aliphatic carbocycles. The summed E-state index contributed by atoms with van der Waals surface area (Å²) in [6, 6.07) is 10.7. The minimum atomic E-state index is -0.579. The highest BCUT2D eigenvalue weighted by atomic mass is 19.1. The van der Waals surface area contributed by atoms with Crippen LogP contribution in [0.25, 0.3) is 11.1 Å². The van der Waals surface area contributed by atoms with Crippen molar-refractivity contribution in [3.63, 3.8) is 0 Å². The van der Waals surface area contributed by atoms with E-state index in [-0.39, 0.29) is 6.04 Å². The van der Waals surface area contributed by atoms with E-state index >= 15 is 0 Å². The summed E-state index contributed by atoms with van der Waals surface area (Å²) in [4.78, 5) is 0. The Labute approximate surface area is 98.9 Å². The van der Waals surface area contributed by atoms with Crippen LogP contribution in [0.1, 0.15) is 18.5 Å². The van der Waals surface area contributed by atoms with Gasteiger partial charge in [-0.3, -0.25) is 0 Å². The maximum Gasteiger partial charge on any atom is 0.133 e.